The molecule has 0 spiro atoms. The maximum atomic E-state index is 13.5. The number of carbonyl (C=O) groups excluding carboxylic acids is 2. The van der Waals surface area contributed by atoms with Crippen LogP contribution in [-0.4, -0.2) is 86.0 Å². The number of benzene rings is 2. The predicted octanol–water partition coefficient (Wildman–Crippen LogP) is 4.04. The number of pyridine rings is 1. The third kappa shape index (κ3) is 6.94. The summed E-state index contributed by atoms with van der Waals surface area (Å²) >= 11 is 3.44. The molecule has 3 heterocycles. The second kappa shape index (κ2) is 12.9. The predicted molar refractivity (Wildman–Crippen MR) is 163 cm³/mol. The minimum absolute atomic E-state index is 0. The Morgan fingerprint density at radius 1 is 1.02 bits per heavy atom. The molecule has 0 saturated carbocycles. The lowest BCUT2D eigenvalue weighted by Gasteiger charge is -2.46. The molecule has 13 heteroatoms. The summed E-state index contributed by atoms with van der Waals surface area (Å²) in [6.07, 6.45) is 4.19. The molecule has 1 N–H and O–H groups in total. The number of nitrogens with zero attached hydrogens (tertiary/aromatic N) is 4. The topological polar surface area (TPSA) is 112 Å². The van der Waals surface area contributed by atoms with Gasteiger partial charge in [-0.15, -0.1) is 12.4 Å². The number of fused-ring (bicyclic) bond motifs is 1. The van der Waals surface area contributed by atoms with Crippen molar-refractivity contribution in [3.63, 3.8) is 0 Å². The standard InChI is InChI=1S/C28H32BrN5O5S.ClH/c1-2-39-27(36)31-28(9-13-32(14-10-28)24-7-11-30-12-8-24)20-33-15-16-34(19-26(33)35)40(37,38)25-6-4-21-17-23(29)5-3-22(21)18-25;/h3-8,11-12,17-18H,2,9-10,13-16,19-20H2,1H3,(H,31,36);1H. The first-order valence-corrected chi connectivity index (χ1v) is 15.5. The van der Waals surface area contributed by atoms with Crippen LogP contribution < -0.4 is 10.2 Å². The van der Waals surface area contributed by atoms with Crippen molar-refractivity contribution >= 4 is 66.8 Å². The average molecular weight is 667 g/mol. The highest BCUT2D eigenvalue weighted by atomic mass is 79.9. The van der Waals surface area contributed by atoms with Gasteiger partial charge in [0.1, 0.15) is 0 Å². The van der Waals surface area contributed by atoms with Gasteiger partial charge < -0.3 is 19.9 Å². The van der Waals surface area contributed by atoms with Gasteiger partial charge in [-0.1, -0.05) is 28.1 Å². The highest BCUT2D eigenvalue weighted by Crippen LogP contribution is 2.29. The molecule has 2 fully saturated rings. The molecule has 0 bridgehead atoms. The van der Waals surface area contributed by atoms with Gasteiger partial charge in [0.15, 0.2) is 0 Å². The summed E-state index contributed by atoms with van der Waals surface area (Å²) in [6, 6.07) is 14.5. The highest BCUT2D eigenvalue weighted by molar-refractivity contribution is 9.10. The van der Waals surface area contributed by atoms with E-state index in [0.29, 0.717) is 25.9 Å². The smallest absolute Gasteiger partial charge is 0.407 e. The minimum Gasteiger partial charge on any atom is -0.450 e. The van der Waals surface area contributed by atoms with Gasteiger partial charge >= 0.3 is 6.09 Å². The Kier molecular flexibility index (Phi) is 9.78. The van der Waals surface area contributed by atoms with E-state index in [9.17, 15) is 18.0 Å². The first kappa shape index (κ1) is 31.0. The molecule has 41 heavy (non-hydrogen) atoms. The number of alkyl carbamates (subject to hydrolysis) is 1. The van der Waals surface area contributed by atoms with E-state index >= 15 is 0 Å². The lowest BCUT2D eigenvalue weighted by atomic mass is 9.86. The van der Waals surface area contributed by atoms with Gasteiger partial charge in [-0.05, 0) is 66.9 Å². The number of piperazine rings is 1. The maximum absolute atomic E-state index is 13.5. The Bertz CT molecular complexity index is 1500. The van der Waals surface area contributed by atoms with E-state index < -0.39 is 21.7 Å². The van der Waals surface area contributed by atoms with Crippen LogP contribution in [0.2, 0.25) is 0 Å². The summed E-state index contributed by atoms with van der Waals surface area (Å²) < 4.78 is 34.2. The van der Waals surface area contributed by atoms with E-state index in [4.69, 9.17) is 4.74 Å². The molecule has 5 rings (SSSR count). The Balaban J connectivity index is 0.00000387. The van der Waals surface area contributed by atoms with Crippen molar-refractivity contribution in [2.45, 2.75) is 30.2 Å². The molecule has 2 aliphatic rings. The number of carbonyl (C=O) groups is 2. The minimum atomic E-state index is -3.86. The molecule has 0 aliphatic carbocycles. The van der Waals surface area contributed by atoms with Crippen LogP contribution in [0.3, 0.4) is 0 Å². The Hall–Kier alpha value is -2.93. The molecule has 1 aromatic heterocycles. The van der Waals surface area contributed by atoms with Crippen molar-refractivity contribution in [1.29, 1.82) is 0 Å². The van der Waals surface area contributed by atoms with Crippen LogP contribution in [0, 0.1) is 0 Å². The zero-order chi connectivity index (χ0) is 28.3. The SMILES string of the molecule is CCOC(=O)NC1(CN2CCN(S(=O)(=O)c3ccc4cc(Br)ccc4c3)CC2=O)CCN(c2ccncc2)CC1.Cl. The molecule has 0 unspecified atom stereocenters. The molecule has 10 nitrogen and oxygen atoms in total. The van der Waals surface area contributed by atoms with Crippen molar-refractivity contribution in [2.24, 2.45) is 0 Å². The molecule has 2 saturated heterocycles. The fourth-order valence-corrected chi connectivity index (χ4v) is 7.18. The number of nitrogens with one attached hydrogen (secondary N) is 1. The quantitative estimate of drug-likeness (QED) is 0.405. The molecular weight excluding hydrogens is 634 g/mol. The highest BCUT2D eigenvalue weighted by Gasteiger charge is 2.41. The summed E-state index contributed by atoms with van der Waals surface area (Å²) in [5.74, 6) is -0.291. The van der Waals surface area contributed by atoms with Gasteiger partial charge in [0.05, 0.1) is 23.6 Å². The first-order chi connectivity index (χ1) is 19.2. The molecule has 220 valence electrons. The molecular formula is C28H33BrClN5O5S. The molecule has 2 aromatic carbocycles. The summed E-state index contributed by atoms with van der Waals surface area (Å²) in [6.45, 7) is 3.79. The summed E-state index contributed by atoms with van der Waals surface area (Å²) in [5, 5.41) is 4.76. The number of anilines is 1. The second-order valence-electron chi connectivity index (χ2n) is 10.1. The fraction of sp³-hybridized carbons (Fsp3) is 0.393. The van der Waals surface area contributed by atoms with E-state index in [0.717, 1.165) is 20.9 Å². The Morgan fingerprint density at radius 2 is 1.71 bits per heavy atom. The van der Waals surface area contributed by atoms with Crippen molar-refractivity contribution < 1.29 is 22.7 Å². The number of sulfonamides is 1. The number of rotatable bonds is 7. The van der Waals surface area contributed by atoms with Crippen LogP contribution in [0.15, 0.2) is 70.3 Å². The zero-order valence-electron chi connectivity index (χ0n) is 22.7. The molecule has 0 radical (unpaired) electrons. The zero-order valence-corrected chi connectivity index (χ0v) is 25.9. The van der Waals surface area contributed by atoms with Crippen LogP contribution in [0.5, 0.6) is 0 Å². The fourth-order valence-electron chi connectivity index (χ4n) is 5.38. The van der Waals surface area contributed by atoms with E-state index in [-0.39, 0.29) is 56.0 Å². The lowest BCUT2D eigenvalue weighted by molar-refractivity contribution is -0.135. The van der Waals surface area contributed by atoms with E-state index in [1.54, 1.807) is 42.4 Å². The van der Waals surface area contributed by atoms with Gasteiger partial charge in [0.2, 0.25) is 15.9 Å². The molecule has 3 aromatic rings. The number of hydrogen-bond donors (Lipinski definition) is 1. The van der Waals surface area contributed by atoms with Gasteiger partial charge in [0.25, 0.3) is 0 Å². The van der Waals surface area contributed by atoms with Crippen LogP contribution in [0.4, 0.5) is 10.5 Å². The molecule has 2 amide bonds. The number of ether oxygens (including phenoxy) is 1. The Labute approximate surface area is 254 Å². The number of hydrogen-bond acceptors (Lipinski definition) is 7. The van der Waals surface area contributed by atoms with Gasteiger partial charge in [-0.2, -0.15) is 4.31 Å². The van der Waals surface area contributed by atoms with Crippen molar-refractivity contribution in [1.82, 2.24) is 19.5 Å². The van der Waals surface area contributed by atoms with Crippen LogP contribution in [0.25, 0.3) is 10.8 Å². The monoisotopic (exact) mass is 665 g/mol. The normalized spacial score (nSPS) is 17.7. The third-order valence-electron chi connectivity index (χ3n) is 7.58. The van der Waals surface area contributed by atoms with Crippen molar-refractivity contribution in [3.8, 4) is 0 Å². The summed E-state index contributed by atoms with van der Waals surface area (Å²) in [7, 11) is -3.86. The number of amides is 2. The first-order valence-electron chi connectivity index (χ1n) is 13.3. The molecule has 2 aliphatic heterocycles. The van der Waals surface area contributed by atoms with Gasteiger partial charge in [-0.25, -0.2) is 13.2 Å². The maximum Gasteiger partial charge on any atom is 0.407 e. The van der Waals surface area contributed by atoms with Crippen LogP contribution >= 0.6 is 28.3 Å². The van der Waals surface area contributed by atoms with E-state index in [1.165, 1.54) is 4.31 Å². The number of aromatic nitrogens is 1. The van der Waals surface area contributed by atoms with Crippen molar-refractivity contribution in [3.05, 3.63) is 65.4 Å². The number of halogens is 2. The number of piperidine rings is 1. The van der Waals surface area contributed by atoms with Gasteiger partial charge in [0, 0.05) is 55.3 Å². The van der Waals surface area contributed by atoms with Gasteiger partial charge in [-0.3, -0.25) is 9.78 Å². The summed E-state index contributed by atoms with van der Waals surface area (Å²) in [5.41, 5.74) is 0.370. The van der Waals surface area contributed by atoms with Crippen molar-refractivity contribution in [2.75, 3.05) is 50.8 Å². The third-order valence-corrected chi connectivity index (χ3v) is 9.91. The second-order valence-corrected chi connectivity index (χ2v) is 13.0. The van der Waals surface area contributed by atoms with Crippen LogP contribution in [-0.2, 0) is 19.6 Å². The lowest BCUT2D eigenvalue weighted by Crippen LogP contribution is -2.64. The van der Waals surface area contributed by atoms with E-state index in [1.807, 2.05) is 30.3 Å². The van der Waals surface area contributed by atoms with Crippen LogP contribution in [0.1, 0.15) is 19.8 Å². The van der Waals surface area contributed by atoms with E-state index in [2.05, 4.69) is 31.1 Å². The summed E-state index contributed by atoms with van der Waals surface area (Å²) in [4.78, 5) is 33.9. The molecule has 0 atom stereocenters. The Morgan fingerprint density at radius 3 is 2.39 bits per heavy atom. The largest absolute Gasteiger partial charge is 0.450 e. The average Bonchev–Trinajstić information content (AvgIpc) is 2.94.